The molecule has 0 saturated carbocycles. The van der Waals surface area contributed by atoms with Crippen molar-refractivity contribution in [3.63, 3.8) is 0 Å². The summed E-state index contributed by atoms with van der Waals surface area (Å²) in [5.74, 6) is -1.07. The van der Waals surface area contributed by atoms with Crippen molar-refractivity contribution in [1.29, 1.82) is 0 Å². The van der Waals surface area contributed by atoms with E-state index in [4.69, 9.17) is 10.8 Å². The van der Waals surface area contributed by atoms with Crippen molar-refractivity contribution in [2.45, 2.75) is 26.7 Å². The number of rotatable bonds is 6. The third kappa shape index (κ3) is 4.81. The van der Waals surface area contributed by atoms with Crippen LogP contribution in [0.15, 0.2) is 0 Å². The molecule has 14 heavy (non-hydrogen) atoms. The number of nitrogens with two attached hydrogens (primary N) is 1. The van der Waals surface area contributed by atoms with Gasteiger partial charge >= 0.3 is 5.97 Å². The molecule has 0 aliphatic heterocycles. The summed E-state index contributed by atoms with van der Waals surface area (Å²) in [7, 11) is 0. The van der Waals surface area contributed by atoms with Crippen LogP contribution in [0, 0.1) is 5.41 Å². The summed E-state index contributed by atoms with van der Waals surface area (Å²) >= 11 is 0. The van der Waals surface area contributed by atoms with Gasteiger partial charge in [-0.05, 0) is 26.8 Å². The predicted molar refractivity (Wildman–Crippen MR) is 52.7 cm³/mol. The first-order valence-electron chi connectivity index (χ1n) is 4.60. The number of carbonyl (C=O) groups is 2. The number of hydrogen-bond donors (Lipinski definition) is 3. The van der Waals surface area contributed by atoms with Gasteiger partial charge in [-0.1, -0.05) is 0 Å². The van der Waals surface area contributed by atoms with Crippen LogP contribution in [0.3, 0.4) is 0 Å². The molecule has 0 saturated heterocycles. The van der Waals surface area contributed by atoms with Crippen LogP contribution < -0.4 is 11.1 Å². The fourth-order valence-corrected chi connectivity index (χ4v) is 0.746. The largest absolute Gasteiger partial charge is 0.481 e. The standard InChI is InChI=1S/C9H18N2O3/c1-9(2,8(13)14)6-11-7(12)4-3-5-10/h3-6,10H2,1-2H3,(H,11,12)(H,13,14). The second-order valence-electron chi connectivity index (χ2n) is 3.86. The van der Waals surface area contributed by atoms with Gasteiger partial charge in [0.1, 0.15) is 0 Å². The van der Waals surface area contributed by atoms with Gasteiger partial charge in [0.25, 0.3) is 0 Å². The molecule has 82 valence electrons. The van der Waals surface area contributed by atoms with E-state index >= 15 is 0 Å². The van der Waals surface area contributed by atoms with Crippen LogP contribution in [-0.2, 0) is 9.59 Å². The topological polar surface area (TPSA) is 92.4 Å². The zero-order valence-corrected chi connectivity index (χ0v) is 8.67. The van der Waals surface area contributed by atoms with E-state index in [1.54, 1.807) is 13.8 Å². The van der Waals surface area contributed by atoms with E-state index in [0.29, 0.717) is 19.4 Å². The molecule has 5 heteroatoms. The summed E-state index contributed by atoms with van der Waals surface area (Å²) in [6, 6.07) is 0. The maximum Gasteiger partial charge on any atom is 0.310 e. The third-order valence-electron chi connectivity index (χ3n) is 1.91. The Bertz CT molecular complexity index is 214. The van der Waals surface area contributed by atoms with Gasteiger partial charge in [-0.25, -0.2) is 0 Å². The van der Waals surface area contributed by atoms with Crippen molar-refractivity contribution in [3.05, 3.63) is 0 Å². The van der Waals surface area contributed by atoms with Crippen LogP contribution >= 0.6 is 0 Å². The summed E-state index contributed by atoms with van der Waals surface area (Å²) in [6.45, 7) is 3.75. The van der Waals surface area contributed by atoms with Crippen LogP contribution in [0.5, 0.6) is 0 Å². The molecule has 0 fully saturated rings. The monoisotopic (exact) mass is 202 g/mol. The van der Waals surface area contributed by atoms with Crippen LogP contribution in [0.25, 0.3) is 0 Å². The minimum absolute atomic E-state index is 0.145. The first kappa shape index (κ1) is 12.9. The molecular weight excluding hydrogens is 184 g/mol. The van der Waals surface area contributed by atoms with E-state index in [1.807, 2.05) is 0 Å². The summed E-state index contributed by atoms with van der Waals surface area (Å²) in [5.41, 5.74) is 4.31. The fourth-order valence-electron chi connectivity index (χ4n) is 0.746. The van der Waals surface area contributed by atoms with Gasteiger partial charge in [-0.15, -0.1) is 0 Å². The van der Waals surface area contributed by atoms with Gasteiger partial charge in [-0.2, -0.15) is 0 Å². The van der Waals surface area contributed by atoms with Crippen LogP contribution in [0.1, 0.15) is 26.7 Å². The number of carboxylic acids is 1. The summed E-state index contributed by atoms with van der Waals surface area (Å²) in [4.78, 5) is 21.8. The maximum absolute atomic E-state index is 11.1. The molecule has 0 heterocycles. The molecule has 0 bridgehead atoms. The van der Waals surface area contributed by atoms with Crippen LogP contribution in [-0.4, -0.2) is 30.1 Å². The first-order chi connectivity index (χ1) is 6.40. The number of amides is 1. The van der Waals surface area contributed by atoms with E-state index in [2.05, 4.69) is 5.32 Å². The van der Waals surface area contributed by atoms with Gasteiger partial charge in [0.15, 0.2) is 0 Å². The lowest BCUT2D eigenvalue weighted by Crippen LogP contribution is -2.38. The van der Waals surface area contributed by atoms with Crippen molar-refractivity contribution < 1.29 is 14.7 Å². The molecule has 0 aromatic carbocycles. The summed E-state index contributed by atoms with van der Waals surface area (Å²) in [5, 5.41) is 11.3. The Morgan fingerprint density at radius 2 is 2.00 bits per heavy atom. The molecule has 0 aliphatic rings. The highest BCUT2D eigenvalue weighted by Gasteiger charge is 2.27. The SMILES string of the molecule is CC(C)(CNC(=O)CCCN)C(=O)O. The minimum Gasteiger partial charge on any atom is -0.481 e. The first-order valence-corrected chi connectivity index (χ1v) is 4.60. The zero-order chi connectivity index (χ0) is 11.2. The van der Waals surface area contributed by atoms with Gasteiger partial charge in [0.05, 0.1) is 5.41 Å². The lowest BCUT2D eigenvalue weighted by Gasteiger charge is -2.19. The average Bonchev–Trinajstić information content (AvgIpc) is 2.11. The Morgan fingerprint density at radius 1 is 1.43 bits per heavy atom. The molecule has 0 unspecified atom stereocenters. The molecule has 1 amide bonds. The Labute approximate surface area is 83.7 Å². The van der Waals surface area contributed by atoms with Crippen molar-refractivity contribution in [1.82, 2.24) is 5.32 Å². The number of nitrogens with one attached hydrogen (secondary N) is 1. The molecule has 0 aromatic heterocycles. The Balaban J connectivity index is 3.82. The zero-order valence-electron chi connectivity index (χ0n) is 8.67. The fraction of sp³-hybridized carbons (Fsp3) is 0.778. The van der Waals surface area contributed by atoms with Crippen LogP contribution in [0.2, 0.25) is 0 Å². The quantitative estimate of drug-likeness (QED) is 0.563. The van der Waals surface area contributed by atoms with Crippen LogP contribution in [0.4, 0.5) is 0 Å². The van der Waals surface area contributed by atoms with Crippen molar-refractivity contribution >= 4 is 11.9 Å². The van der Waals surface area contributed by atoms with E-state index in [0.717, 1.165) is 0 Å². The summed E-state index contributed by atoms with van der Waals surface area (Å²) < 4.78 is 0. The van der Waals surface area contributed by atoms with E-state index in [9.17, 15) is 9.59 Å². The molecule has 4 N–H and O–H groups in total. The van der Waals surface area contributed by atoms with Gasteiger partial charge in [0.2, 0.25) is 5.91 Å². The Kier molecular flexibility index (Phi) is 5.15. The highest BCUT2D eigenvalue weighted by Crippen LogP contribution is 2.12. The normalized spacial score (nSPS) is 11.1. The van der Waals surface area contributed by atoms with E-state index in [1.165, 1.54) is 0 Å². The predicted octanol–water partition coefficient (Wildman–Crippen LogP) is -0.0477. The number of carbonyl (C=O) groups excluding carboxylic acids is 1. The number of carboxylic acid groups (broad SMARTS) is 1. The maximum atomic E-state index is 11.1. The molecule has 0 aromatic rings. The lowest BCUT2D eigenvalue weighted by molar-refractivity contribution is -0.146. The second kappa shape index (κ2) is 5.59. The Hall–Kier alpha value is -1.10. The van der Waals surface area contributed by atoms with E-state index in [-0.39, 0.29) is 12.5 Å². The van der Waals surface area contributed by atoms with Gasteiger partial charge in [0, 0.05) is 13.0 Å². The van der Waals surface area contributed by atoms with Gasteiger partial charge in [-0.3, -0.25) is 9.59 Å². The Morgan fingerprint density at radius 3 is 2.43 bits per heavy atom. The second-order valence-corrected chi connectivity index (χ2v) is 3.86. The molecule has 0 radical (unpaired) electrons. The van der Waals surface area contributed by atoms with Gasteiger partial charge < -0.3 is 16.2 Å². The smallest absolute Gasteiger partial charge is 0.310 e. The number of hydrogen-bond acceptors (Lipinski definition) is 3. The molecular formula is C9H18N2O3. The van der Waals surface area contributed by atoms with Crippen molar-refractivity contribution in [2.24, 2.45) is 11.1 Å². The van der Waals surface area contributed by atoms with Crippen molar-refractivity contribution in [3.8, 4) is 0 Å². The van der Waals surface area contributed by atoms with Crippen molar-refractivity contribution in [2.75, 3.05) is 13.1 Å². The third-order valence-corrected chi connectivity index (χ3v) is 1.91. The highest BCUT2D eigenvalue weighted by atomic mass is 16.4. The summed E-state index contributed by atoms with van der Waals surface area (Å²) in [6.07, 6.45) is 0.978. The average molecular weight is 202 g/mol. The molecule has 0 aliphatic carbocycles. The molecule has 0 spiro atoms. The van der Waals surface area contributed by atoms with E-state index < -0.39 is 11.4 Å². The molecule has 0 atom stereocenters. The highest BCUT2D eigenvalue weighted by molar-refractivity contribution is 5.78. The lowest BCUT2D eigenvalue weighted by atomic mass is 9.94. The number of aliphatic carboxylic acids is 1. The molecule has 5 nitrogen and oxygen atoms in total. The molecule has 0 rings (SSSR count). The minimum atomic E-state index is -0.920.